The van der Waals surface area contributed by atoms with Gasteiger partial charge in [-0.3, -0.25) is 4.79 Å². The van der Waals surface area contributed by atoms with E-state index in [0.717, 1.165) is 35.5 Å². The van der Waals surface area contributed by atoms with Gasteiger partial charge in [-0.1, -0.05) is 48.3 Å². The second kappa shape index (κ2) is 7.97. The lowest BCUT2D eigenvalue weighted by atomic mass is 9.84. The van der Waals surface area contributed by atoms with Crippen LogP contribution >= 0.6 is 23.2 Å². The number of rotatable bonds is 4. The van der Waals surface area contributed by atoms with E-state index in [1.54, 1.807) is 6.07 Å². The number of hydrogen-bond donors (Lipinski definition) is 2. The minimum Gasteiger partial charge on any atom is -0.324 e. The molecule has 0 bridgehead atoms. The molecule has 0 spiro atoms. The van der Waals surface area contributed by atoms with Crippen LogP contribution in [0.15, 0.2) is 36.4 Å². The van der Waals surface area contributed by atoms with E-state index in [-0.39, 0.29) is 11.8 Å². The van der Waals surface area contributed by atoms with Crippen molar-refractivity contribution in [3.05, 3.63) is 63.1 Å². The number of anilines is 1. The van der Waals surface area contributed by atoms with Gasteiger partial charge in [-0.15, -0.1) is 0 Å². The van der Waals surface area contributed by atoms with Gasteiger partial charge >= 0.3 is 0 Å². The second-order valence-electron chi connectivity index (χ2n) is 6.80. The van der Waals surface area contributed by atoms with E-state index in [0.29, 0.717) is 16.5 Å². The van der Waals surface area contributed by atoms with Crippen molar-refractivity contribution in [1.82, 2.24) is 4.90 Å². The molecule has 1 heterocycles. The SMILES string of the molecule is CCC(N)C(=O)Nc1ccccc1C1CN(C)Cc2c(Cl)cc(Cl)cc21. The smallest absolute Gasteiger partial charge is 0.241 e. The topological polar surface area (TPSA) is 58.4 Å². The molecular formula is C20H23Cl2N3O. The summed E-state index contributed by atoms with van der Waals surface area (Å²) >= 11 is 12.7. The fourth-order valence-electron chi connectivity index (χ4n) is 3.44. The highest BCUT2D eigenvalue weighted by Gasteiger charge is 2.29. The predicted molar refractivity (Wildman–Crippen MR) is 108 cm³/mol. The van der Waals surface area contributed by atoms with Crippen molar-refractivity contribution in [2.24, 2.45) is 5.73 Å². The molecule has 0 aromatic heterocycles. The van der Waals surface area contributed by atoms with E-state index in [9.17, 15) is 4.79 Å². The summed E-state index contributed by atoms with van der Waals surface area (Å²) < 4.78 is 0. The van der Waals surface area contributed by atoms with Crippen molar-refractivity contribution < 1.29 is 4.79 Å². The number of amides is 1. The van der Waals surface area contributed by atoms with Crippen molar-refractivity contribution in [3.8, 4) is 0 Å². The number of fused-ring (bicyclic) bond motifs is 1. The quantitative estimate of drug-likeness (QED) is 0.818. The second-order valence-corrected chi connectivity index (χ2v) is 7.64. The van der Waals surface area contributed by atoms with Crippen molar-refractivity contribution in [3.63, 3.8) is 0 Å². The van der Waals surface area contributed by atoms with Crippen LogP contribution < -0.4 is 11.1 Å². The van der Waals surface area contributed by atoms with E-state index in [1.165, 1.54) is 0 Å². The van der Waals surface area contributed by atoms with Gasteiger partial charge in [-0.05, 0) is 48.4 Å². The number of para-hydroxylation sites is 1. The number of carbonyl (C=O) groups excluding carboxylic acids is 1. The number of benzene rings is 2. The number of nitrogens with two attached hydrogens (primary N) is 1. The molecule has 26 heavy (non-hydrogen) atoms. The van der Waals surface area contributed by atoms with Crippen LogP contribution in [0.2, 0.25) is 10.0 Å². The molecule has 138 valence electrons. The molecule has 1 amide bonds. The summed E-state index contributed by atoms with van der Waals surface area (Å²) in [5.74, 6) is -0.109. The summed E-state index contributed by atoms with van der Waals surface area (Å²) in [4.78, 5) is 14.5. The molecule has 3 rings (SSSR count). The third kappa shape index (κ3) is 3.89. The number of halogens is 2. The first-order chi connectivity index (χ1) is 12.4. The van der Waals surface area contributed by atoms with E-state index in [4.69, 9.17) is 28.9 Å². The van der Waals surface area contributed by atoms with Crippen LogP contribution in [0, 0.1) is 0 Å². The Morgan fingerprint density at radius 3 is 2.77 bits per heavy atom. The maximum atomic E-state index is 12.3. The molecule has 6 heteroatoms. The number of carbonyl (C=O) groups is 1. The fraction of sp³-hybridized carbons (Fsp3) is 0.350. The van der Waals surface area contributed by atoms with Crippen LogP contribution in [0.25, 0.3) is 0 Å². The molecule has 0 radical (unpaired) electrons. The molecule has 2 aromatic rings. The molecule has 0 aliphatic carbocycles. The van der Waals surface area contributed by atoms with Gasteiger partial charge in [-0.25, -0.2) is 0 Å². The van der Waals surface area contributed by atoms with Gasteiger partial charge < -0.3 is 16.0 Å². The lowest BCUT2D eigenvalue weighted by molar-refractivity contribution is -0.117. The van der Waals surface area contributed by atoms with Gasteiger partial charge in [0.25, 0.3) is 0 Å². The van der Waals surface area contributed by atoms with Crippen LogP contribution in [0.5, 0.6) is 0 Å². The third-order valence-electron chi connectivity index (χ3n) is 4.86. The molecule has 4 nitrogen and oxygen atoms in total. The van der Waals surface area contributed by atoms with Gasteiger partial charge in [0.05, 0.1) is 6.04 Å². The molecule has 0 fully saturated rings. The van der Waals surface area contributed by atoms with Crippen molar-refractivity contribution in [2.75, 3.05) is 18.9 Å². The van der Waals surface area contributed by atoms with E-state index in [2.05, 4.69) is 17.3 Å². The van der Waals surface area contributed by atoms with E-state index < -0.39 is 6.04 Å². The average Bonchev–Trinajstić information content (AvgIpc) is 2.61. The van der Waals surface area contributed by atoms with E-state index >= 15 is 0 Å². The largest absolute Gasteiger partial charge is 0.324 e. The van der Waals surface area contributed by atoms with Gasteiger partial charge in [0.1, 0.15) is 0 Å². The minimum atomic E-state index is -0.520. The summed E-state index contributed by atoms with van der Waals surface area (Å²) in [7, 11) is 2.06. The Kier molecular flexibility index (Phi) is 5.88. The molecule has 0 saturated carbocycles. The van der Waals surface area contributed by atoms with Crippen LogP contribution in [-0.4, -0.2) is 30.4 Å². The first kappa shape index (κ1) is 19.2. The maximum absolute atomic E-state index is 12.3. The lowest BCUT2D eigenvalue weighted by Crippen LogP contribution is -2.36. The molecule has 2 unspecified atom stereocenters. The zero-order valence-electron chi connectivity index (χ0n) is 14.9. The van der Waals surface area contributed by atoms with E-state index in [1.807, 2.05) is 37.3 Å². The molecule has 3 N–H and O–H groups in total. The Hall–Kier alpha value is -1.59. The Bertz CT molecular complexity index is 825. The first-order valence-corrected chi connectivity index (χ1v) is 9.48. The van der Waals surface area contributed by atoms with Gasteiger partial charge in [-0.2, -0.15) is 0 Å². The van der Waals surface area contributed by atoms with Crippen LogP contribution in [0.1, 0.15) is 36.0 Å². The van der Waals surface area contributed by atoms with Crippen molar-refractivity contribution in [2.45, 2.75) is 31.8 Å². The Morgan fingerprint density at radius 2 is 2.04 bits per heavy atom. The number of nitrogens with zero attached hydrogens (tertiary/aromatic N) is 1. The summed E-state index contributed by atoms with van der Waals surface area (Å²) in [5.41, 5.74) is 9.89. The van der Waals surface area contributed by atoms with Crippen LogP contribution in [0.3, 0.4) is 0 Å². The Balaban J connectivity index is 2.04. The molecule has 2 aromatic carbocycles. The first-order valence-electron chi connectivity index (χ1n) is 8.72. The minimum absolute atomic E-state index is 0.0642. The molecule has 1 aliphatic rings. The van der Waals surface area contributed by atoms with Gasteiger partial charge in [0.2, 0.25) is 5.91 Å². The predicted octanol–water partition coefficient (Wildman–Crippen LogP) is 4.25. The maximum Gasteiger partial charge on any atom is 0.241 e. The average molecular weight is 392 g/mol. The summed E-state index contributed by atoms with van der Waals surface area (Å²) in [6.45, 7) is 3.49. The Morgan fingerprint density at radius 1 is 1.31 bits per heavy atom. The molecule has 0 saturated heterocycles. The fourth-order valence-corrected chi connectivity index (χ4v) is 4.01. The number of nitrogens with one attached hydrogen (secondary N) is 1. The zero-order valence-corrected chi connectivity index (χ0v) is 16.4. The summed E-state index contributed by atoms with van der Waals surface area (Å²) in [5, 5.41) is 4.29. The standard InChI is InChI=1S/C20H23Cl2N3O/c1-3-18(23)20(26)24-19-7-5-4-6-13(19)15-10-25(2)11-16-14(15)8-12(21)9-17(16)22/h4-9,15,18H,3,10-11,23H2,1-2H3,(H,24,26). The number of likely N-dealkylation sites (N-methyl/N-ethyl adjacent to an activating group) is 1. The van der Waals surface area contributed by atoms with Gasteiger partial charge in [0, 0.05) is 34.7 Å². The van der Waals surface area contributed by atoms with Crippen molar-refractivity contribution in [1.29, 1.82) is 0 Å². The molecular weight excluding hydrogens is 369 g/mol. The Labute approximate surface area is 164 Å². The van der Waals surface area contributed by atoms with Crippen LogP contribution in [-0.2, 0) is 11.3 Å². The zero-order chi connectivity index (χ0) is 18.8. The highest BCUT2D eigenvalue weighted by Crippen LogP contribution is 2.40. The highest BCUT2D eigenvalue weighted by atomic mass is 35.5. The summed E-state index contributed by atoms with van der Waals surface area (Å²) in [6.07, 6.45) is 0.591. The monoisotopic (exact) mass is 391 g/mol. The third-order valence-corrected chi connectivity index (χ3v) is 5.42. The van der Waals surface area contributed by atoms with Gasteiger partial charge in [0.15, 0.2) is 0 Å². The molecule has 1 aliphatic heterocycles. The highest BCUT2D eigenvalue weighted by molar-refractivity contribution is 6.35. The summed E-state index contributed by atoms with van der Waals surface area (Å²) in [6, 6.07) is 11.1. The van der Waals surface area contributed by atoms with Crippen LogP contribution in [0.4, 0.5) is 5.69 Å². The van der Waals surface area contributed by atoms with Crippen molar-refractivity contribution >= 4 is 34.8 Å². The lowest BCUT2D eigenvalue weighted by Gasteiger charge is -2.34. The normalized spacial score (nSPS) is 18.3. The molecule has 2 atom stereocenters. The number of hydrogen-bond acceptors (Lipinski definition) is 3.